The van der Waals surface area contributed by atoms with E-state index in [1.54, 1.807) is 13.8 Å². The summed E-state index contributed by atoms with van der Waals surface area (Å²) in [4.78, 5) is 22.2. The normalized spacial score (nSPS) is 31.6. The monoisotopic (exact) mass is 216 g/mol. The van der Waals surface area contributed by atoms with Gasteiger partial charge in [-0.05, 0) is 25.7 Å². The standard InChI is InChI=1S/C11H17FO3/c1-7(2)9(13)11(12)5-3-8(4-6-11)10(14)15/h7-8H,3-6H2,1-2H3,(H,14,15)/t8-,11+. The Morgan fingerprint density at radius 3 is 2.13 bits per heavy atom. The molecule has 3 nitrogen and oxygen atoms in total. The van der Waals surface area contributed by atoms with Gasteiger partial charge in [-0.3, -0.25) is 9.59 Å². The number of carboxylic acids is 1. The fourth-order valence-electron chi connectivity index (χ4n) is 2.09. The van der Waals surface area contributed by atoms with Gasteiger partial charge in [0, 0.05) is 5.92 Å². The first kappa shape index (κ1) is 12.1. The largest absolute Gasteiger partial charge is 0.481 e. The summed E-state index contributed by atoms with van der Waals surface area (Å²) in [5, 5.41) is 8.75. The average Bonchev–Trinajstić information content (AvgIpc) is 2.17. The lowest BCUT2D eigenvalue weighted by Gasteiger charge is -2.32. The molecule has 0 saturated heterocycles. The number of rotatable bonds is 3. The van der Waals surface area contributed by atoms with E-state index < -0.39 is 17.6 Å². The van der Waals surface area contributed by atoms with Crippen molar-refractivity contribution in [3.8, 4) is 0 Å². The molecule has 0 unspecified atom stereocenters. The molecule has 4 heteroatoms. The molecule has 86 valence electrons. The van der Waals surface area contributed by atoms with Crippen molar-refractivity contribution < 1.29 is 19.1 Å². The third-order valence-electron chi connectivity index (χ3n) is 3.09. The van der Waals surface area contributed by atoms with Crippen LogP contribution in [0.2, 0.25) is 0 Å². The number of hydrogen-bond donors (Lipinski definition) is 1. The first-order chi connectivity index (χ1) is 6.87. The number of halogens is 1. The van der Waals surface area contributed by atoms with Gasteiger partial charge in [-0.15, -0.1) is 0 Å². The molecule has 0 bridgehead atoms. The predicted molar refractivity (Wildman–Crippen MR) is 53.3 cm³/mol. The summed E-state index contributed by atoms with van der Waals surface area (Å²) in [5.41, 5.74) is -1.78. The van der Waals surface area contributed by atoms with E-state index >= 15 is 0 Å². The van der Waals surface area contributed by atoms with Gasteiger partial charge >= 0.3 is 5.97 Å². The van der Waals surface area contributed by atoms with Crippen LogP contribution in [0, 0.1) is 11.8 Å². The molecule has 0 heterocycles. The second-order valence-electron chi connectivity index (χ2n) is 4.60. The van der Waals surface area contributed by atoms with Crippen molar-refractivity contribution >= 4 is 11.8 Å². The molecule has 0 aromatic rings. The Bertz CT molecular complexity index is 265. The minimum absolute atomic E-state index is 0.0565. The lowest BCUT2D eigenvalue weighted by atomic mass is 9.75. The van der Waals surface area contributed by atoms with Gasteiger partial charge < -0.3 is 5.11 Å². The Morgan fingerprint density at radius 1 is 1.33 bits per heavy atom. The average molecular weight is 216 g/mol. The first-order valence-corrected chi connectivity index (χ1v) is 5.33. The topological polar surface area (TPSA) is 54.4 Å². The Morgan fingerprint density at radius 2 is 1.80 bits per heavy atom. The Kier molecular flexibility index (Phi) is 3.47. The number of ketones is 1. The number of carbonyl (C=O) groups excluding carboxylic acids is 1. The van der Waals surface area contributed by atoms with E-state index in [2.05, 4.69) is 0 Å². The van der Waals surface area contributed by atoms with Crippen LogP contribution in [-0.2, 0) is 9.59 Å². The summed E-state index contributed by atoms with van der Waals surface area (Å²) < 4.78 is 14.1. The predicted octanol–water partition coefficient (Wildman–Crippen LogP) is 2.19. The summed E-state index contributed by atoms with van der Waals surface area (Å²) >= 11 is 0. The maximum atomic E-state index is 14.1. The molecule has 1 rings (SSSR count). The molecule has 0 atom stereocenters. The summed E-state index contributed by atoms with van der Waals surface area (Å²) in [6.45, 7) is 3.35. The van der Waals surface area contributed by atoms with Crippen LogP contribution in [-0.4, -0.2) is 22.5 Å². The highest BCUT2D eigenvalue weighted by atomic mass is 19.1. The number of Topliss-reactive ketones (excluding diaryl/α,β-unsaturated/α-hetero) is 1. The van der Waals surface area contributed by atoms with E-state index in [0.29, 0.717) is 0 Å². The van der Waals surface area contributed by atoms with Crippen LogP contribution in [0.3, 0.4) is 0 Å². The zero-order chi connectivity index (χ0) is 11.6. The van der Waals surface area contributed by atoms with Crippen molar-refractivity contribution in [1.29, 1.82) is 0 Å². The van der Waals surface area contributed by atoms with Crippen LogP contribution in [0.4, 0.5) is 4.39 Å². The maximum absolute atomic E-state index is 14.1. The summed E-state index contributed by atoms with van der Waals surface area (Å²) in [6, 6.07) is 0. The second-order valence-corrected chi connectivity index (χ2v) is 4.60. The van der Waals surface area contributed by atoms with Crippen molar-refractivity contribution in [2.24, 2.45) is 11.8 Å². The smallest absolute Gasteiger partial charge is 0.306 e. The van der Waals surface area contributed by atoms with Crippen molar-refractivity contribution in [2.45, 2.75) is 45.2 Å². The fraction of sp³-hybridized carbons (Fsp3) is 0.818. The van der Waals surface area contributed by atoms with Gasteiger partial charge in [0.05, 0.1) is 5.92 Å². The van der Waals surface area contributed by atoms with Gasteiger partial charge in [-0.25, -0.2) is 4.39 Å². The van der Waals surface area contributed by atoms with Crippen LogP contribution in [0.15, 0.2) is 0 Å². The van der Waals surface area contributed by atoms with Crippen LogP contribution < -0.4 is 0 Å². The van der Waals surface area contributed by atoms with E-state index in [1.165, 1.54) is 0 Å². The molecule has 15 heavy (non-hydrogen) atoms. The zero-order valence-electron chi connectivity index (χ0n) is 9.12. The second kappa shape index (κ2) is 4.29. The van der Waals surface area contributed by atoms with Gasteiger partial charge in [0.2, 0.25) is 0 Å². The van der Waals surface area contributed by atoms with Gasteiger partial charge in [0.15, 0.2) is 11.5 Å². The fourth-order valence-corrected chi connectivity index (χ4v) is 2.09. The summed E-state index contributed by atoms with van der Waals surface area (Å²) in [6.07, 6.45) is 0.649. The molecule has 0 spiro atoms. The SMILES string of the molecule is CC(C)C(=O)[C@]1(F)CC[C@@H](C(=O)O)CC1. The lowest BCUT2D eigenvalue weighted by Crippen LogP contribution is -2.41. The Balaban J connectivity index is 2.62. The molecule has 0 amide bonds. The van der Waals surface area contributed by atoms with Gasteiger partial charge in [0.1, 0.15) is 0 Å². The van der Waals surface area contributed by atoms with Gasteiger partial charge in [-0.2, -0.15) is 0 Å². The minimum atomic E-state index is -1.78. The van der Waals surface area contributed by atoms with Crippen LogP contribution in [0.5, 0.6) is 0 Å². The molecule has 0 aromatic heterocycles. The number of alkyl halides is 1. The number of carboxylic acid groups (broad SMARTS) is 1. The quantitative estimate of drug-likeness (QED) is 0.786. The highest BCUT2D eigenvalue weighted by Crippen LogP contribution is 2.37. The molecule has 1 aliphatic carbocycles. The maximum Gasteiger partial charge on any atom is 0.306 e. The molecule has 1 saturated carbocycles. The molecule has 0 aromatic carbocycles. The molecular weight excluding hydrogens is 199 g/mol. The minimum Gasteiger partial charge on any atom is -0.481 e. The van der Waals surface area contributed by atoms with Crippen molar-refractivity contribution in [3.05, 3.63) is 0 Å². The van der Waals surface area contributed by atoms with E-state index in [0.717, 1.165) is 0 Å². The zero-order valence-corrected chi connectivity index (χ0v) is 9.12. The summed E-state index contributed by atoms with van der Waals surface area (Å²) in [5.74, 6) is -2.06. The molecule has 1 N–H and O–H groups in total. The number of carbonyl (C=O) groups is 2. The Hall–Kier alpha value is -0.930. The van der Waals surface area contributed by atoms with Crippen LogP contribution >= 0.6 is 0 Å². The van der Waals surface area contributed by atoms with E-state index in [4.69, 9.17) is 5.11 Å². The van der Waals surface area contributed by atoms with Gasteiger partial charge in [-0.1, -0.05) is 13.8 Å². The van der Waals surface area contributed by atoms with Crippen LogP contribution in [0.1, 0.15) is 39.5 Å². The molecular formula is C11H17FO3. The summed E-state index contributed by atoms with van der Waals surface area (Å²) in [7, 11) is 0. The number of aliphatic carboxylic acids is 1. The lowest BCUT2D eigenvalue weighted by molar-refractivity contribution is -0.147. The molecule has 0 radical (unpaired) electrons. The first-order valence-electron chi connectivity index (χ1n) is 5.33. The van der Waals surface area contributed by atoms with Crippen molar-refractivity contribution in [2.75, 3.05) is 0 Å². The van der Waals surface area contributed by atoms with Crippen molar-refractivity contribution in [3.63, 3.8) is 0 Å². The van der Waals surface area contributed by atoms with Crippen molar-refractivity contribution in [1.82, 2.24) is 0 Å². The van der Waals surface area contributed by atoms with E-state index in [9.17, 15) is 14.0 Å². The third kappa shape index (κ3) is 2.55. The van der Waals surface area contributed by atoms with Crippen LogP contribution in [0.25, 0.3) is 0 Å². The number of hydrogen-bond acceptors (Lipinski definition) is 2. The van der Waals surface area contributed by atoms with E-state index in [-0.39, 0.29) is 37.4 Å². The molecule has 1 fully saturated rings. The highest BCUT2D eigenvalue weighted by molar-refractivity contribution is 5.89. The molecule has 0 aliphatic heterocycles. The van der Waals surface area contributed by atoms with E-state index in [1.807, 2.05) is 0 Å². The third-order valence-corrected chi connectivity index (χ3v) is 3.09. The molecule has 1 aliphatic rings. The highest BCUT2D eigenvalue weighted by Gasteiger charge is 2.43. The Labute approximate surface area is 88.7 Å². The van der Waals surface area contributed by atoms with Gasteiger partial charge in [0.25, 0.3) is 0 Å².